The van der Waals surface area contributed by atoms with Crippen LogP contribution >= 0.6 is 35.6 Å². The summed E-state index contributed by atoms with van der Waals surface area (Å²) in [7, 11) is 0. The van der Waals surface area contributed by atoms with Gasteiger partial charge in [-0.1, -0.05) is 23.7 Å². The minimum Gasteiger partial charge on any atom is -0.462 e. The smallest absolute Gasteiger partial charge is 0.338 e. The second-order valence-corrected chi connectivity index (χ2v) is 8.11. The Morgan fingerprint density at radius 3 is 2.64 bits per heavy atom. The highest BCUT2D eigenvalue weighted by molar-refractivity contribution is 7.98. The number of carbonyl (C=O) groups is 1. The topological polar surface area (TPSA) is 50.4 Å². The Morgan fingerprint density at radius 2 is 1.96 bits per heavy atom. The van der Waals surface area contributed by atoms with Gasteiger partial charge in [-0.15, -0.1) is 0 Å². The molecular weight excluding hydrogens is 412 g/mol. The number of thiocarbonyl (C=S) groups is 1. The first kappa shape index (κ1) is 22.5. The maximum Gasteiger partial charge on any atom is 0.338 e. The van der Waals surface area contributed by atoms with E-state index in [4.69, 9.17) is 28.6 Å². The third kappa shape index (κ3) is 7.70. The number of carbonyl (C=O) groups excluding carboxylic acids is 1. The van der Waals surface area contributed by atoms with Gasteiger partial charge in [0.25, 0.3) is 0 Å². The summed E-state index contributed by atoms with van der Waals surface area (Å²) < 4.78 is 5.02. The Hall–Kier alpha value is -1.76. The highest BCUT2D eigenvalue weighted by atomic mass is 35.5. The van der Waals surface area contributed by atoms with E-state index in [1.54, 1.807) is 19.1 Å². The van der Waals surface area contributed by atoms with Crippen LogP contribution in [-0.4, -0.2) is 30.0 Å². The minimum atomic E-state index is -0.311. The van der Waals surface area contributed by atoms with Gasteiger partial charge < -0.3 is 15.4 Å². The van der Waals surface area contributed by atoms with E-state index in [9.17, 15) is 4.79 Å². The third-order valence-electron chi connectivity index (χ3n) is 3.92. The Balaban J connectivity index is 1.66. The van der Waals surface area contributed by atoms with Gasteiger partial charge in [0.05, 0.1) is 12.2 Å². The van der Waals surface area contributed by atoms with Crippen molar-refractivity contribution in [1.82, 2.24) is 5.32 Å². The van der Waals surface area contributed by atoms with Crippen molar-refractivity contribution in [3.05, 3.63) is 64.2 Å². The van der Waals surface area contributed by atoms with Crippen LogP contribution in [0.1, 0.15) is 34.8 Å². The van der Waals surface area contributed by atoms with Crippen molar-refractivity contribution in [2.75, 3.05) is 24.2 Å². The van der Waals surface area contributed by atoms with Crippen LogP contribution in [0.15, 0.2) is 42.5 Å². The molecule has 2 rings (SSSR count). The number of rotatable bonds is 9. The molecule has 0 saturated heterocycles. The maximum atomic E-state index is 11.8. The van der Waals surface area contributed by atoms with Crippen molar-refractivity contribution in [3.8, 4) is 0 Å². The molecule has 0 aliphatic heterocycles. The maximum absolute atomic E-state index is 11.8. The van der Waals surface area contributed by atoms with E-state index >= 15 is 0 Å². The zero-order valence-corrected chi connectivity index (χ0v) is 18.5. The van der Waals surface area contributed by atoms with Gasteiger partial charge in [0.1, 0.15) is 0 Å². The molecule has 0 aromatic heterocycles. The molecule has 7 heteroatoms. The summed E-state index contributed by atoms with van der Waals surface area (Å²) in [5.41, 5.74) is 3.64. The van der Waals surface area contributed by atoms with Crippen molar-refractivity contribution in [1.29, 1.82) is 0 Å². The molecule has 28 heavy (non-hydrogen) atoms. The Morgan fingerprint density at radius 1 is 1.21 bits per heavy atom. The van der Waals surface area contributed by atoms with Gasteiger partial charge in [-0.2, -0.15) is 11.8 Å². The lowest BCUT2D eigenvalue weighted by Gasteiger charge is -2.13. The highest BCUT2D eigenvalue weighted by Crippen LogP contribution is 2.18. The van der Waals surface area contributed by atoms with Crippen LogP contribution in [0, 0.1) is 6.92 Å². The van der Waals surface area contributed by atoms with E-state index in [0.29, 0.717) is 17.3 Å². The largest absolute Gasteiger partial charge is 0.462 e. The van der Waals surface area contributed by atoms with E-state index < -0.39 is 0 Å². The first-order valence-electron chi connectivity index (χ1n) is 9.14. The van der Waals surface area contributed by atoms with Crippen molar-refractivity contribution in [3.63, 3.8) is 0 Å². The fourth-order valence-electron chi connectivity index (χ4n) is 2.46. The lowest BCUT2D eigenvalue weighted by molar-refractivity contribution is 0.0526. The minimum absolute atomic E-state index is 0.311. The molecule has 0 bridgehead atoms. The number of hydrogen-bond acceptors (Lipinski definition) is 4. The van der Waals surface area contributed by atoms with Crippen molar-refractivity contribution >= 4 is 52.3 Å². The number of ether oxygens (including phenoxy) is 1. The molecule has 150 valence electrons. The second-order valence-electron chi connectivity index (χ2n) is 6.16. The summed E-state index contributed by atoms with van der Waals surface area (Å²) >= 11 is 13.1. The number of nitrogens with one attached hydrogen (secondary N) is 2. The molecule has 0 heterocycles. The number of hydrogen-bond donors (Lipinski definition) is 2. The van der Waals surface area contributed by atoms with Crippen molar-refractivity contribution in [2.24, 2.45) is 0 Å². The monoisotopic (exact) mass is 436 g/mol. The van der Waals surface area contributed by atoms with E-state index in [2.05, 4.69) is 22.8 Å². The normalized spacial score (nSPS) is 10.4. The molecule has 0 aliphatic carbocycles. The van der Waals surface area contributed by atoms with Gasteiger partial charge in [0.2, 0.25) is 0 Å². The highest BCUT2D eigenvalue weighted by Gasteiger charge is 2.09. The second kappa shape index (κ2) is 11.9. The zero-order chi connectivity index (χ0) is 20.4. The van der Waals surface area contributed by atoms with E-state index in [1.165, 1.54) is 5.56 Å². The van der Waals surface area contributed by atoms with Crippen LogP contribution < -0.4 is 10.6 Å². The standard InChI is InChI=1S/C21H25ClN2O2S2/c1-3-26-20(25)17-7-10-19(15(2)13-17)24-21(27)23-11-4-12-28-14-16-5-8-18(22)9-6-16/h5-10,13H,3-4,11-12,14H2,1-2H3,(H2,23,24,27). The van der Waals surface area contributed by atoms with Crippen LogP contribution in [0.4, 0.5) is 5.69 Å². The summed E-state index contributed by atoms with van der Waals surface area (Å²) in [4.78, 5) is 11.8. The SMILES string of the molecule is CCOC(=O)c1ccc(NC(=S)NCCCSCc2ccc(Cl)cc2)c(C)c1. The average molecular weight is 437 g/mol. The number of benzene rings is 2. The number of aryl methyl sites for hydroxylation is 1. The van der Waals surface area contributed by atoms with Crippen LogP contribution in [-0.2, 0) is 10.5 Å². The summed E-state index contributed by atoms with van der Waals surface area (Å²) in [6.45, 7) is 4.89. The molecule has 0 aliphatic rings. The average Bonchev–Trinajstić information content (AvgIpc) is 2.67. The molecule has 2 aromatic carbocycles. The molecule has 0 atom stereocenters. The number of anilines is 1. The fraction of sp³-hybridized carbons (Fsp3) is 0.333. The van der Waals surface area contributed by atoms with Gasteiger partial charge in [0, 0.05) is 23.0 Å². The summed E-state index contributed by atoms with van der Waals surface area (Å²) in [5, 5.41) is 7.75. The summed E-state index contributed by atoms with van der Waals surface area (Å²) in [5.74, 6) is 1.71. The Kier molecular flexibility index (Phi) is 9.61. The first-order chi connectivity index (χ1) is 13.5. The molecule has 2 N–H and O–H groups in total. The van der Waals surface area contributed by atoms with Crippen LogP contribution in [0.25, 0.3) is 0 Å². The van der Waals surface area contributed by atoms with Gasteiger partial charge in [0.15, 0.2) is 5.11 Å². The lowest BCUT2D eigenvalue weighted by Crippen LogP contribution is -2.29. The van der Waals surface area contributed by atoms with Gasteiger partial charge >= 0.3 is 5.97 Å². The molecule has 0 amide bonds. The molecule has 0 saturated carbocycles. The molecule has 0 spiro atoms. The molecule has 4 nitrogen and oxygen atoms in total. The molecule has 0 radical (unpaired) electrons. The van der Waals surface area contributed by atoms with Crippen LogP contribution in [0.2, 0.25) is 5.02 Å². The predicted molar refractivity (Wildman–Crippen MR) is 124 cm³/mol. The van der Waals surface area contributed by atoms with Crippen LogP contribution in [0.3, 0.4) is 0 Å². The third-order valence-corrected chi connectivity index (χ3v) is 5.53. The van der Waals surface area contributed by atoms with Crippen LogP contribution in [0.5, 0.6) is 0 Å². The Bertz CT molecular complexity index is 797. The number of halogens is 1. The summed E-state index contributed by atoms with van der Waals surface area (Å²) in [6, 6.07) is 13.3. The van der Waals surface area contributed by atoms with E-state index in [1.807, 2.05) is 36.9 Å². The predicted octanol–water partition coefficient (Wildman–Crippen LogP) is 5.44. The summed E-state index contributed by atoms with van der Waals surface area (Å²) in [6.07, 6.45) is 1.01. The molecular formula is C21H25ClN2O2S2. The lowest BCUT2D eigenvalue weighted by atomic mass is 10.1. The molecule has 0 unspecified atom stereocenters. The van der Waals surface area contributed by atoms with Crippen molar-refractivity contribution < 1.29 is 9.53 Å². The van der Waals surface area contributed by atoms with E-state index in [0.717, 1.165) is 40.7 Å². The fourth-order valence-corrected chi connectivity index (χ4v) is 3.72. The quantitative estimate of drug-likeness (QED) is 0.310. The van der Waals surface area contributed by atoms with Gasteiger partial charge in [-0.25, -0.2) is 4.79 Å². The first-order valence-corrected chi connectivity index (χ1v) is 11.1. The van der Waals surface area contributed by atoms with Gasteiger partial charge in [-0.3, -0.25) is 0 Å². The zero-order valence-electron chi connectivity index (χ0n) is 16.1. The van der Waals surface area contributed by atoms with Crippen molar-refractivity contribution in [2.45, 2.75) is 26.0 Å². The number of esters is 1. The Labute approximate surface area is 181 Å². The van der Waals surface area contributed by atoms with Gasteiger partial charge in [-0.05, 0) is 79.7 Å². The van der Waals surface area contributed by atoms with E-state index in [-0.39, 0.29) is 5.97 Å². The number of thioether (sulfide) groups is 1. The molecule has 2 aromatic rings. The molecule has 0 fully saturated rings.